The fourth-order valence-electron chi connectivity index (χ4n) is 4.23. The monoisotopic (exact) mass is 456 g/mol. The molecule has 1 fully saturated rings. The van der Waals surface area contributed by atoms with Crippen LogP contribution in [0, 0.1) is 11.9 Å². The zero-order chi connectivity index (χ0) is 23.7. The third-order valence-corrected chi connectivity index (χ3v) is 6.44. The van der Waals surface area contributed by atoms with Crippen LogP contribution in [0.4, 0.5) is 14.6 Å². The van der Waals surface area contributed by atoms with Gasteiger partial charge in [-0.3, -0.25) is 4.57 Å². The van der Waals surface area contributed by atoms with E-state index in [0.29, 0.717) is 29.3 Å². The van der Waals surface area contributed by atoms with Crippen molar-refractivity contribution in [3.05, 3.63) is 46.9 Å². The summed E-state index contributed by atoms with van der Waals surface area (Å²) in [5.41, 5.74) is 0.0532. The highest BCUT2D eigenvalue weighted by Gasteiger charge is 2.33. The molecule has 0 radical (unpaired) electrons. The molecule has 0 amide bonds. The molecule has 1 N–H and O–H groups in total. The lowest BCUT2D eigenvalue weighted by atomic mass is 9.82. The van der Waals surface area contributed by atoms with E-state index in [0.717, 1.165) is 29.9 Å². The van der Waals surface area contributed by atoms with Crippen molar-refractivity contribution in [1.29, 1.82) is 0 Å². The van der Waals surface area contributed by atoms with Crippen LogP contribution in [0.15, 0.2) is 35.3 Å². The van der Waals surface area contributed by atoms with Crippen LogP contribution < -0.4 is 10.6 Å². The molecule has 0 aliphatic heterocycles. The third kappa shape index (κ3) is 4.55. The number of phenolic OH excluding ortho intramolecular Hbond substituents is 1. The molecular weight excluding hydrogens is 430 g/mol. The minimum atomic E-state index is -0.927. The van der Waals surface area contributed by atoms with Gasteiger partial charge in [-0.05, 0) is 37.3 Å². The number of benzene rings is 1. The van der Waals surface area contributed by atoms with Gasteiger partial charge < -0.3 is 10.0 Å². The molecule has 10 heteroatoms. The van der Waals surface area contributed by atoms with Crippen molar-refractivity contribution in [3.8, 4) is 28.4 Å². The standard InChI is InChI=1S/C23H26F2N6O2/c1-4-13-5-8-16(24)18(9-13)30(2)21-12-26-22(29-28-21)15-7-6-14(10-19(15)32)17-11-20(25)31(3)23(33)27-17/h6-7,10-13,16,18,32H,4-5,8-9H2,1-3H3/t13-,16+,18-/m1/s1. The van der Waals surface area contributed by atoms with Crippen LogP contribution in [0.5, 0.6) is 5.75 Å². The van der Waals surface area contributed by atoms with Gasteiger partial charge in [-0.15, -0.1) is 10.2 Å². The Labute approximate surface area is 190 Å². The first-order valence-electron chi connectivity index (χ1n) is 10.9. The number of aromatic hydroxyl groups is 1. The molecule has 0 saturated heterocycles. The first kappa shape index (κ1) is 22.8. The molecule has 174 valence electrons. The molecule has 1 aliphatic rings. The smallest absolute Gasteiger partial charge is 0.350 e. The van der Waals surface area contributed by atoms with Gasteiger partial charge in [0.1, 0.15) is 11.9 Å². The predicted molar refractivity (Wildman–Crippen MR) is 120 cm³/mol. The molecule has 1 saturated carbocycles. The minimum Gasteiger partial charge on any atom is -0.507 e. The average Bonchev–Trinajstić information content (AvgIpc) is 2.82. The second kappa shape index (κ2) is 9.21. The number of anilines is 1. The van der Waals surface area contributed by atoms with Gasteiger partial charge in [0.15, 0.2) is 17.6 Å². The molecule has 33 heavy (non-hydrogen) atoms. The lowest BCUT2D eigenvalue weighted by Crippen LogP contribution is -2.44. The summed E-state index contributed by atoms with van der Waals surface area (Å²) in [7, 11) is 3.08. The van der Waals surface area contributed by atoms with Gasteiger partial charge in [0.2, 0.25) is 0 Å². The number of phenols is 1. The molecule has 1 aliphatic carbocycles. The van der Waals surface area contributed by atoms with E-state index in [1.54, 1.807) is 24.1 Å². The summed E-state index contributed by atoms with van der Waals surface area (Å²) < 4.78 is 29.2. The Balaban J connectivity index is 1.56. The van der Waals surface area contributed by atoms with Crippen LogP contribution in [0.25, 0.3) is 22.6 Å². The van der Waals surface area contributed by atoms with Crippen molar-refractivity contribution in [1.82, 2.24) is 24.7 Å². The maximum absolute atomic E-state index is 14.5. The van der Waals surface area contributed by atoms with Crippen LogP contribution >= 0.6 is 0 Å². The average molecular weight is 456 g/mol. The van der Waals surface area contributed by atoms with Gasteiger partial charge in [-0.25, -0.2) is 14.2 Å². The summed E-state index contributed by atoms with van der Waals surface area (Å²) in [4.78, 5) is 21.7. The molecule has 0 unspecified atom stereocenters. The second-order valence-electron chi connectivity index (χ2n) is 8.46. The van der Waals surface area contributed by atoms with Gasteiger partial charge in [-0.1, -0.05) is 19.4 Å². The van der Waals surface area contributed by atoms with Gasteiger partial charge in [0.05, 0.1) is 23.5 Å². The van der Waals surface area contributed by atoms with E-state index < -0.39 is 17.8 Å². The quantitative estimate of drug-likeness (QED) is 0.587. The highest BCUT2D eigenvalue weighted by Crippen LogP contribution is 2.34. The molecule has 2 heterocycles. The van der Waals surface area contributed by atoms with E-state index in [2.05, 4.69) is 27.1 Å². The molecule has 3 atom stereocenters. The van der Waals surface area contributed by atoms with Crippen LogP contribution in [0.2, 0.25) is 0 Å². The number of nitrogens with zero attached hydrogens (tertiary/aromatic N) is 6. The topological polar surface area (TPSA) is 97.0 Å². The van der Waals surface area contributed by atoms with Crippen LogP contribution in [0.3, 0.4) is 0 Å². The molecule has 4 rings (SSSR count). The number of halogens is 2. The summed E-state index contributed by atoms with van der Waals surface area (Å²) in [5.74, 6) is 0.234. The first-order chi connectivity index (χ1) is 15.8. The molecule has 0 spiro atoms. The van der Waals surface area contributed by atoms with E-state index in [1.165, 1.54) is 19.3 Å². The second-order valence-corrected chi connectivity index (χ2v) is 8.46. The Morgan fingerprint density at radius 1 is 1.24 bits per heavy atom. The van der Waals surface area contributed by atoms with Crippen molar-refractivity contribution >= 4 is 5.82 Å². The largest absolute Gasteiger partial charge is 0.507 e. The molecule has 1 aromatic carbocycles. The number of alkyl halides is 1. The fourth-order valence-corrected chi connectivity index (χ4v) is 4.23. The Morgan fingerprint density at radius 2 is 2.03 bits per heavy atom. The summed E-state index contributed by atoms with van der Waals surface area (Å²) in [5, 5.41) is 18.8. The summed E-state index contributed by atoms with van der Waals surface area (Å²) in [6.45, 7) is 2.12. The van der Waals surface area contributed by atoms with Gasteiger partial charge in [-0.2, -0.15) is 9.37 Å². The molecule has 0 bridgehead atoms. The van der Waals surface area contributed by atoms with Crippen LogP contribution in [-0.4, -0.2) is 49.1 Å². The zero-order valence-corrected chi connectivity index (χ0v) is 18.7. The Morgan fingerprint density at radius 3 is 2.67 bits per heavy atom. The number of hydrogen-bond donors (Lipinski definition) is 1. The van der Waals surface area contributed by atoms with E-state index in [9.17, 15) is 18.7 Å². The third-order valence-electron chi connectivity index (χ3n) is 6.44. The van der Waals surface area contributed by atoms with Crippen molar-refractivity contribution < 1.29 is 13.9 Å². The minimum absolute atomic E-state index is 0.104. The van der Waals surface area contributed by atoms with Gasteiger partial charge in [0.25, 0.3) is 0 Å². The highest BCUT2D eigenvalue weighted by molar-refractivity contribution is 5.71. The highest BCUT2D eigenvalue weighted by atomic mass is 19.1. The molecule has 8 nitrogen and oxygen atoms in total. The summed E-state index contributed by atoms with van der Waals surface area (Å²) in [6.07, 6.45) is 3.81. The lowest BCUT2D eigenvalue weighted by Gasteiger charge is -2.37. The zero-order valence-electron chi connectivity index (χ0n) is 18.7. The Hall–Kier alpha value is -3.43. The molecule has 3 aromatic rings. The van der Waals surface area contributed by atoms with E-state index >= 15 is 0 Å². The lowest BCUT2D eigenvalue weighted by molar-refractivity contribution is 0.170. The van der Waals surface area contributed by atoms with Crippen molar-refractivity contribution in [3.63, 3.8) is 0 Å². The summed E-state index contributed by atoms with van der Waals surface area (Å²) >= 11 is 0. The van der Waals surface area contributed by atoms with Crippen molar-refractivity contribution in [2.45, 2.75) is 44.8 Å². The Kier molecular flexibility index (Phi) is 6.35. The van der Waals surface area contributed by atoms with Crippen molar-refractivity contribution in [2.24, 2.45) is 13.0 Å². The number of rotatable bonds is 5. The number of hydrogen-bond acceptors (Lipinski definition) is 7. The van der Waals surface area contributed by atoms with E-state index in [4.69, 9.17) is 0 Å². The maximum Gasteiger partial charge on any atom is 0.350 e. The van der Waals surface area contributed by atoms with Crippen molar-refractivity contribution in [2.75, 3.05) is 11.9 Å². The fraction of sp³-hybridized carbons (Fsp3) is 0.435. The SMILES string of the molecule is CC[C@@H]1CC[C@H](F)[C@H](N(C)c2cnc(-c3ccc(-c4cc(F)n(C)c(=O)n4)cc3O)nn2)C1. The molecular formula is C23H26F2N6O2. The molecule has 2 aromatic heterocycles. The summed E-state index contributed by atoms with van der Waals surface area (Å²) in [6, 6.07) is 5.34. The van der Waals surface area contributed by atoms with Gasteiger partial charge >= 0.3 is 5.69 Å². The number of aromatic nitrogens is 5. The van der Waals surface area contributed by atoms with Crippen LogP contribution in [-0.2, 0) is 7.05 Å². The van der Waals surface area contributed by atoms with E-state index in [-0.39, 0.29) is 23.3 Å². The van der Waals surface area contributed by atoms with E-state index in [1.807, 2.05) is 0 Å². The predicted octanol–water partition coefficient (Wildman–Crippen LogP) is 3.50. The van der Waals surface area contributed by atoms with Crippen LogP contribution in [0.1, 0.15) is 32.6 Å². The maximum atomic E-state index is 14.5. The Bertz CT molecular complexity index is 1200. The normalized spacial score (nSPS) is 20.6. The van der Waals surface area contributed by atoms with Gasteiger partial charge in [0, 0.05) is 25.7 Å². The first-order valence-corrected chi connectivity index (χ1v) is 10.9.